The van der Waals surface area contributed by atoms with Crippen LogP contribution in [0.15, 0.2) is 36.7 Å². The second kappa shape index (κ2) is 3.03. The number of hydrogen-bond acceptors (Lipinski definition) is 3. The molecule has 78 valence electrons. The van der Waals surface area contributed by atoms with E-state index in [1.54, 1.807) is 22.9 Å². The van der Waals surface area contributed by atoms with Crippen molar-refractivity contribution >= 4 is 22.6 Å². The number of rotatable bonds is 1. The van der Waals surface area contributed by atoms with Crippen LogP contribution in [0.1, 0.15) is 10.5 Å². The fourth-order valence-electron chi connectivity index (χ4n) is 1.68. The third-order valence-corrected chi connectivity index (χ3v) is 2.43. The van der Waals surface area contributed by atoms with Crippen LogP contribution in [-0.4, -0.2) is 25.4 Å². The summed E-state index contributed by atoms with van der Waals surface area (Å²) in [7, 11) is 0. The van der Waals surface area contributed by atoms with E-state index in [4.69, 9.17) is 5.11 Å². The first-order valence-electron chi connectivity index (χ1n) is 4.72. The van der Waals surface area contributed by atoms with Crippen LogP contribution in [0.5, 0.6) is 0 Å². The van der Waals surface area contributed by atoms with Crippen molar-refractivity contribution in [3.05, 3.63) is 42.4 Å². The second-order valence-corrected chi connectivity index (χ2v) is 3.40. The molecule has 0 aliphatic carbocycles. The van der Waals surface area contributed by atoms with Crippen molar-refractivity contribution in [2.24, 2.45) is 0 Å². The minimum atomic E-state index is -1.03. The predicted molar refractivity (Wildman–Crippen MR) is 57.5 cm³/mol. The summed E-state index contributed by atoms with van der Waals surface area (Å²) in [5, 5.41) is 9.76. The van der Waals surface area contributed by atoms with Crippen LogP contribution in [-0.2, 0) is 0 Å². The van der Waals surface area contributed by atoms with Gasteiger partial charge in [-0.15, -0.1) is 0 Å². The first-order valence-corrected chi connectivity index (χ1v) is 4.72. The number of aromatic nitrogens is 3. The molecular weight excluding hydrogens is 206 g/mol. The Bertz CT molecular complexity index is 703. The minimum absolute atomic E-state index is 0.0358. The number of fused-ring (bicyclic) bond motifs is 3. The van der Waals surface area contributed by atoms with Gasteiger partial charge in [0.05, 0.1) is 0 Å². The molecule has 0 saturated heterocycles. The molecule has 3 aromatic rings. The molecule has 5 nitrogen and oxygen atoms in total. The molecule has 0 atom stereocenters. The van der Waals surface area contributed by atoms with Crippen molar-refractivity contribution in [1.29, 1.82) is 0 Å². The van der Waals surface area contributed by atoms with Crippen molar-refractivity contribution in [2.45, 2.75) is 0 Å². The van der Waals surface area contributed by atoms with Crippen molar-refractivity contribution in [2.75, 3.05) is 0 Å². The van der Waals surface area contributed by atoms with E-state index in [1.807, 2.05) is 12.1 Å². The lowest BCUT2D eigenvalue weighted by Crippen LogP contribution is -2.01. The molecule has 0 radical (unpaired) electrons. The largest absolute Gasteiger partial charge is 0.477 e. The first-order chi connectivity index (χ1) is 7.75. The Kier molecular flexibility index (Phi) is 1.67. The summed E-state index contributed by atoms with van der Waals surface area (Å²) in [6, 6.07) is 6.97. The fraction of sp³-hybridized carbons (Fsp3) is 0. The molecule has 0 aliphatic heterocycles. The molecule has 0 aliphatic rings. The maximum absolute atomic E-state index is 10.8. The van der Waals surface area contributed by atoms with Crippen LogP contribution in [0, 0.1) is 0 Å². The van der Waals surface area contributed by atoms with E-state index in [-0.39, 0.29) is 5.69 Å². The van der Waals surface area contributed by atoms with Crippen LogP contribution in [0.25, 0.3) is 16.7 Å². The standard InChI is InChI=1S/C11H7N3O2/c15-11(16)8-3-1-7-2-4-9-12-5-6-14(9)10(7)13-8/h1-6H,(H,15,16). The second-order valence-electron chi connectivity index (χ2n) is 3.40. The number of aromatic carboxylic acids is 1. The molecule has 3 aromatic heterocycles. The topological polar surface area (TPSA) is 67.5 Å². The van der Waals surface area contributed by atoms with Crippen molar-refractivity contribution in [3.63, 3.8) is 0 Å². The Hall–Kier alpha value is -2.43. The van der Waals surface area contributed by atoms with Crippen LogP contribution in [0.3, 0.4) is 0 Å². The van der Waals surface area contributed by atoms with Crippen molar-refractivity contribution in [3.8, 4) is 0 Å². The molecule has 0 fully saturated rings. The van der Waals surface area contributed by atoms with E-state index in [0.29, 0.717) is 5.65 Å². The molecule has 3 heterocycles. The molecule has 0 unspecified atom stereocenters. The number of carbonyl (C=O) groups is 1. The monoisotopic (exact) mass is 213 g/mol. The van der Waals surface area contributed by atoms with Gasteiger partial charge in [-0.2, -0.15) is 0 Å². The normalized spacial score (nSPS) is 11.0. The summed E-state index contributed by atoms with van der Waals surface area (Å²) in [4.78, 5) is 19.0. The smallest absolute Gasteiger partial charge is 0.354 e. The molecule has 0 bridgehead atoms. The van der Waals surface area contributed by atoms with Gasteiger partial charge in [0.25, 0.3) is 0 Å². The summed E-state index contributed by atoms with van der Waals surface area (Å²) in [5.74, 6) is -1.03. The van der Waals surface area contributed by atoms with E-state index >= 15 is 0 Å². The molecule has 0 aromatic carbocycles. The molecule has 3 rings (SSSR count). The quantitative estimate of drug-likeness (QED) is 0.666. The Morgan fingerprint density at radius 2 is 2.06 bits per heavy atom. The predicted octanol–water partition coefficient (Wildman–Crippen LogP) is 1.58. The SMILES string of the molecule is O=C(O)c1ccc2ccc3nccn3c2n1. The fourth-order valence-corrected chi connectivity index (χ4v) is 1.68. The molecule has 5 heteroatoms. The van der Waals surface area contributed by atoms with Gasteiger partial charge in [-0.25, -0.2) is 14.8 Å². The minimum Gasteiger partial charge on any atom is -0.477 e. The summed E-state index contributed by atoms with van der Waals surface area (Å²) in [5.41, 5.74) is 1.39. The molecule has 16 heavy (non-hydrogen) atoms. The maximum atomic E-state index is 10.8. The van der Waals surface area contributed by atoms with E-state index in [1.165, 1.54) is 6.07 Å². The molecule has 0 saturated carbocycles. The Morgan fingerprint density at radius 1 is 1.25 bits per heavy atom. The zero-order chi connectivity index (χ0) is 11.1. The third kappa shape index (κ3) is 1.15. The van der Waals surface area contributed by atoms with Crippen molar-refractivity contribution < 1.29 is 9.90 Å². The summed E-state index contributed by atoms with van der Waals surface area (Å²) in [6.45, 7) is 0. The third-order valence-electron chi connectivity index (χ3n) is 2.43. The van der Waals surface area contributed by atoms with Gasteiger partial charge in [-0.1, -0.05) is 0 Å². The van der Waals surface area contributed by atoms with Crippen LogP contribution < -0.4 is 0 Å². The highest BCUT2D eigenvalue weighted by Crippen LogP contribution is 2.14. The highest BCUT2D eigenvalue weighted by atomic mass is 16.4. The van der Waals surface area contributed by atoms with Crippen LogP contribution in [0.2, 0.25) is 0 Å². The van der Waals surface area contributed by atoms with Gasteiger partial charge in [0.1, 0.15) is 11.3 Å². The van der Waals surface area contributed by atoms with Gasteiger partial charge in [-0.05, 0) is 24.3 Å². The zero-order valence-corrected chi connectivity index (χ0v) is 8.16. The average Bonchev–Trinajstić information content (AvgIpc) is 2.76. The number of hydrogen-bond donors (Lipinski definition) is 1. The van der Waals surface area contributed by atoms with E-state index in [9.17, 15) is 4.79 Å². The number of carboxylic acid groups (broad SMARTS) is 1. The highest BCUT2D eigenvalue weighted by molar-refractivity contribution is 5.89. The lowest BCUT2D eigenvalue weighted by atomic mass is 10.2. The summed E-state index contributed by atoms with van der Waals surface area (Å²) >= 11 is 0. The number of imidazole rings is 1. The van der Waals surface area contributed by atoms with Gasteiger partial charge >= 0.3 is 5.97 Å². The summed E-state index contributed by atoms with van der Waals surface area (Å²) in [6.07, 6.45) is 3.42. The number of nitrogens with zero attached hydrogens (tertiary/aromatic N) is 3. The highest BCUT2D eigenvalue weighted by Gasteiger charge is 2.07. The Balaban J connectivity index is 2.46. The van der Waals surface area contributed by atoms with E-state index in [2.05, 4.69) is 9.97 Å². The van der Waals surface area contributed by atoms with Gasteiger partial charge in [-0.3, -0.25) is 4.40 Å². The van der Waals surface area contributed by atoms with E-state index < -0.39 is 5.97 Å². The van der Waals surface area contributed by atoms with Gasteiger partial charge < -0.3 is 5.11 Å². The number of pyridine rings is 2. The number of carboxylic acids is 1. The van der Waals surface area contributed by atoms with Gasteiger partial charge in [0.15, 0.2) is 5.69 Å². The van der Waals surface area contributed by atoms with Gasteiger partial charge in [0, 0.05) is 17.8 Å². The Labute approximate surface area is 90.0 Å². The maximum Gasteiger partial charge on any atom is 0.354 e. The summed E-state index contributed by atoms with van der Waals surface area (Å²) < 4.78 is 1.77. The van der Waals surface area contributed by atoms with Crippen molar-refractivity contribution in [1.82, 2.24) is 14.4 Å². The van der Waals surface area contributed by atoms with Gasteiger partial charge in [0.2, 0.25) is 0 Å². The molecule has 0 amide bonds. The lowest BCUT2D eigenvalue weighted by molar-refractivity contribution is 0.0691. The van der Waals surface area contributed by atoms with E-state index in [0.717, 1.165) is 11.0 Å². The lowest BCUT2D eigenvalue weighted by Gasteiger charge is -2.01. The average molecular weight is 213 g/mol. The first kappa shape index (κ1) is 8.84. The van der Waals surface area contributed by atoms with Crippen LogP contribution >= 0.6 is 0 Å². The molecular formula is C11H7N3O2. The molecule has 1 N–H and O–H groups in total. The van der Waals surface area contributed by atoms with Crippen LogP contribution in [0.4, 0.5) is 0 Å². The molecule has 0 spiro atoms. The zero-order valence-electron chi connectivity index (χ0n) is 8.16. The Morgan fingerprint density at radius 3 is 2.88 bits per heavy atom.